The molecule has 2 amide bonds. The summed E-state index contributed by atoms with van der Waals surface area (Å²) in [6, 6.07) is 4.74. The summed E-state index contributed by atoms with van der Waals surface area (Å²) < 4.78 is 0. The van der Waals surface area contributed by atoms with E-state index in [0.29, 0.717) is 24.1 Å². The van der Waals surface area contributed by atoms with Crippen LogP contribution in [0.2, 0.25) is 0 Å². The van der Waals surface area contributed by atoms with Gasteiger partial charge in [0.1, 0.15) is 12.6 Å². The van der Waals surface area contributed by atoms with Crippen LogP contribution < -0.4 is 5.73 Å². The summed E-state index contributed by atoms with van der Waals surface area (Å²) in [6.45, 7) is 2.12. The molecule has 2 rings (SSSR count). The lowest BCUT2D eigenvalue weighted by Crippen LogP contribution is -2.43. The molecule has 1 aliphatic rings. The molecule has 5 nitrogen and oxygen atoms in total. The zero-order valence-electron chi connectivity index (χ0n) is 11.9. The van der Waals surface area contributed by atoms with Gasteiger partial charge in [0.15, 0.2) is 0 Å². The van der Waals surface area contributed by atoms with Crippen LogP contribution in [0.15, 0.2) is 18.2 Å². The number of primary amides is 1. The van der Waals surface area contributed by atoms with Crippen molar-refractivity contribution in [3.8, 4) is 11.8 Å². The molecule has 1 saturated heterocycles. The Kier molecular flexibility index (Phi) is 4.61. The molecule has 0 bridgehead atoms. The summed E-state index contributed by atoms with van der Waals surface area (Å²) >= 11 is 0. The van der Waals surface area contributed by atoms with Crippen LogP contribution in [0.1, 0.15) is 34.3 Å². The van der Waals surface area contributed by atoms with Crippen molar-refractivity contribution in [2.75, 3.05) is 13.2 Å². The van der Waals surface area contributed by atoms with E-state index in [4.69, 9.17) is 10.8 Å². The van der Waals surface area contributed by atoms with E-state index in [1.54, 1.807) is 18.2 Å². The van der Waals surface area contributed by atoms with Gasteiger partial charge in [-0.15, -0.1) is 0 Å². The molecule has 1 heterocycles. The minimum atomic E-state index is -0.524. The van der Waals surface area contributed by atoms with Gasteiger partial charge in [-0.2, -0.15) is 0 Å². The first-order valence-corrected chi connectivity index (χ1v) is 6.86. The van der Waals surface area contributed by atoms with Crippen molar-refractivity contribution in [1.29, 1.82) is 0 Å². The fraction of sp³-hybridized carbons (Fsp3) is 0.375. The van der Waals surface area contributed by atoms with E-state index in [2.05, 4.69) is 11.8 Å². The van der Waals surface area contributed by atoms with Crippen LogP contribution in [0.3, 0.4) is 0 Å². The summed E-state index contributed by atoms with van der Waals surface area (Å²) in [5.74, 6) is 4.74. The molecule has 110 valence electrons. The smallest absolute Gasteiger partial charge is 0.254 e. The molecule has 0 aliphatic carbocycles. The SMILES string of the molecule is Cc1c(C#CCO)cccc1C(=O)N1CCCC1C(N)=O. The second-order valence-corrected chi connectivity index (χ2v) is 5.00. The Labute approximate surface area is 123 Å². The standard InChI is InChI=1S/C16H18N2O3/c1-11-12(6-4-10-19)5-2-7-13(11)16(21)18-9-3-8-14(18)15(17)20/h2,5,7,14,19H,3,8-10H2,1H3,(H2,17,20). The first-order valence-electron chi connectivity index (χ1n) is 6.86. The number of likely N-dealkylation sites (tertiary alicyclic amines) is 1. The molecule has 1 fully saturated rings. The molecule has 5 heteroatoms. The van der Waals surface area contributed by atoms with Gasteiger partial charge in [0.25, 0.3) is 5.91 Å². The zero-order valence-corrected chi connectivity index (χ0v) is 11.9. The molecule has 3 N–H and O–H groups in total. The third-order valence-corrected chi connectivity index (χ3v) is 3.71. The number of nitrogens with two attached hydrogens (primary N) is 1. The zero-order chi connectivity index (χ0) is 15.4. The Morgan fingerprint density at radius 3 is 2.90 bits per heavy atom. The molecule has 1 atom stereocenters. The highest BCUT2D eigenvalue weighted by molar-refractivity contribution is 5.99. The number of aliphatic hydroxyl groups is 1. The van der Waals surface area contributed by atoms with Gasteiger partial charge >= 0.3 is 0 Å². The number of amides is 2. The van der Waals surface area contributed by atoms with E-state index in [-0.39, 0.29) is 12.5 Å². The third-order valence-electron chi connectivity index (χ3n) is 3.71. The minimum absolute atomic E-state index is 0.193. The number of hydrogen-bond acceptors (Lipinski definition) is 3. The second kappa shape index (κ2) is 6.42. The number of benzene rings is 1. The average molecular weight is 286 g/mol. The fourth-order valence-corrected chi connectivity index (χ4v) is 2.60. The van der Waals surface area contributed by atoms with Crippen molar-refractivity contribution in [2.45, 2.75) is 25.8 Å². The van der Waals surface area contributed by atoms with Crippen LogP contribution in [0.4, 0.5) is 0 Å². The molecule has 0 radical (unpaired) electrons. The van der Waals surface area contributed by atoms with Gasteiger partial charge in [-0.1, -0.05) is 17.9 Å². The van der Waals surface area contributed by atoms with E-state index in [0.717, 1.165) is 12.0 Å². The van der Waals surface area contributed by atoms with Crippen LogP contribution in [0.25, 0.3) is 0 Å². The van der Waals surface area contributed by atoms with Crippen LogP contribution in [0.5, 0.6) is 0 Å². The Balaban J connectivity index is 2.33. The van der Waals surface area contributed by atoms with Crippen molar-refractivity contribution >= 4 is 11.8 Å². The maximum Gasteiger partial charge on any atom is 0.254 e. The lowest BCUT2D eigenvalue weighted by Gasteiger charge is -2.23. The van der Waals surface area contributed by atoms with Gasteiger partial charge in [-0.25, -0.2) is 0 Å². The van der Waals surface area contributed by atoms with Crippen molar-refractivity contribution in [2.24, 2.45) is 5.73 Å². The Hall–Kier alpha value is -2.32. The molecule has 1 aromatic rings. The lowest BCUT2D eigenvalue weighted by atomic mass is 10.0. The molecule has 1 aliphatic heterocycles. The minimum Gasteiger partial charge on any atom is -0.384 e. The van der Waals surface area contributed by atoms with E-state index >= 15 is 0 Å². The average Bonchev–Trinajstić information content (AvgIpc) is 2.95. The summed E-state index contributed by atoms with van der Waals surface area (Å²) in [4.78, 5) is 25.6. The highest BCUT2D eigenvalue weighted by atomic mass is 16.2. The van der Waals surface area contributed by atoms with Crippen molar-refractivity contribution in [3.05, 3.63) is 34.9 Å². The van der Waals surface area contributed by atoms with Gasteiger partial charge in [0.2, 0.25) is 5.91 Å². The van der Waals surface area contributed by atoms with Gasteiger partial charge in [0.05, 0.1) is 0 Å². The van der Waals surface area contributed by atoms with E-state index < -0.39 is 11.9 Å². The molecule has 21 heavy (non-hydrogen) atoms. The topological polar surface area (TPSA) is 83.6 Å². The molecule has 0 saturated carbocycles. The van der Waals surface area contributed by atoms with Crippen molar-refractivity contribution in [3.63, 3.8) is 0 Å². The maximum atomic E-state index is 12.6. The number of carbonyl (C=O) groups excluding carboxylic acids is 2. The summed E-state index contributed by atoms with van der Waals surface area (Å²) in [5, 5.41) is 8.77. The Bertz CT molecular complexity index is 628. The lowest BCUT2D eigenvalue weighted by molar-refractivity contribution is -0.121. The molecule has 0 aromatic heterocycles. The number of aliphatic hydroxyl groups excluding tert-OH is 1. The summed E-state index contributed by atoms with van der Waals surface area (Å²) in [5.41, 5.74) is 7.32. The van der Waals surface area contributed by atoms with Crippen LogP contribution in [-0.4, -0.2) is 41.0 Å². The quantitative estimate of drug-likeness (QED) is 0.773. The summed E-state index contributed by atoms with van der Waals surface area (Å²) in [6.07, 6.45) is 1.40. The first kappa shape index (κ1) is 15.1. The molecule has 1 aromatic carbocycles. The molecular weight excluding hydrogens is 268 g/mol. The van der Waals surface area contributed by atoms with Crippen LogP contribution in [-0.2, 0) is 4.79 Å². The summed E-state index contributed by atoms with van der Waals surface area (Å²) in [7, 11) is 0. The number of rotatable bonds is 2. The fourth-order valence-electron chi connectivity index (χ4n) is 2.60. The molecule has 1 unspecified atom stereocenters. The number of carbonyl (C=O) groups is 2. The first-order chi connectivity index (χ1) is 10.1. The van der Waals surface area contributed by atoms with Gasteiger partial charge in [-0.05, 0) is 37.5 Å². The largest absolute Gasteiger partial charge is 0.384 e. The predicted molar refractivity (Wildman–Crippen MR) is 78.4 cm³/mol. The van der Waals surface area contributed by atoms with Gasteiger partial charge < -0.3 is 15.7 Å². The monoisotopic (exact) mass is 286 g/mol. The second-order valence-electron chi connectivity index (χ2n) is 5.00. The number of nitrogens with zero attached hydrogens (tertiary/aromatic N) is 1. The predicted octanol–water partition coefficient (Wildman–Crippen LogP) is 0.429. The number of hydrogen-bond donors (Lipinski definition) is 2. The van der Waals surface area contributed by atoms with Gasteiger partial charge in [0, 0.05) is 17.7 Å². The Morgan fingerprint density at radius 1 is 1.48 bits per heavy atom. The van der Waals surface area contributed by atoms with Crippen LogP contribution in [0, 0.1) is 18.8 Å². The van der Waals surface area contributed by atoms with E-state index in [1.165, 1.54) is 4.90 Å². The van der Waals surface area contributed by atoms with Gasteiger partial charge in [-0.3, -0.25) is 9.59 Å². The van der Waals surface area contributed by atoms with Crippen molar-refractivity contribution in [1.82, 2.24) is 4.90 Å². The van der Waals surface area contributed by atoms with E-state index in [1.807, 2.05) is 6.92 Å². The van der Waals surface area contributed by atoms with E-state index in [9.17, 15) is 9.59 Å². The highest BCUT2D eigenvalue weighted by Crippen LogP contribution is 2.22. The maximum absolute atomic E-state index is 12.6. The normalized spacial score (nSPS) is 17.2. The molecule has 0 spiro atoms. The highest BCUT2D eigenvalue weighted by Gasteiger charge is 2.33. The van der Waals surface area contributed by atoms with Crippen molar-refractivity contribution < 1.29 is 14.7 Å². The van der Waals surface area contributed by atoms with Crippen LogP contribution >= 0.6 is 0 Å². The third kappa shape index (κ3) is 3.06. The Morgan fingerprint density at radius 2 is 2.24 bits per heavy atom. The molecular formula is C16H18N2O3.